The molecule has 0 aromatic heterocycles. The number of primary sulfonamides is 1. The van der Waals surface area contributed by atoms with Gasteiger partial charge in [-0.2, -0.15) is 5.10 Å². The Bertz CT molecular complexity index is 1160. The normalized spacial score (nSPS) is 18.9. The molecule has 7 heteroatoms. The van der Waals surface area contributed by atoms with Crippen LogP contribution in [-0.4, -0.2) is 21.2 Å². The van der Waals surface area contributed by atoms with Gasteiger partial charge < -0.3 is 4.74 Å². The molecule has 2 atom stereocenters. The van der Waals surface area contributed by atoms with Gasteiger partial charge in [-0.3, -0.25) is 5.01 Å². The molecule has 2 unspecified atom stereocenters. The molecule has 2 N–H and O–H groups in total. The number of methoxy groups -OCH3 is 1. The first-order valence-electron chi connectivity index (χ1n) is 9.58. The van der Waals surface area contributed by atoms with Crippen LogP contribution in [0.1, 0.15) is 24.1 Å². The second-order valence-electron chi connectivity index (χ2n) is 7.24. The molecule has 0 radical (unpaired) electrons. The van der Waals surface area contributed by atoms with Crippen LogP contribution in [0.25, 0.3) is 0 Å². The maximum Gasteiger partial charge on any atom is 0.238 e. The van der Waals surface area contributed by atoms with Gasteiger partial charge in [0.1, 0.15) is 5.75 Å². The summed E-state index contributed by atoms with van der Waals surface area (Å²) in [7, 11) is -2.11. The van der Waals surface area contributed by atoms with Crippen molar-refractivity contribution in [3.63, 3.8) is 0 Å². The van der Waals surface area contributed by atoms with Crippen LogP contribution in [0.5, 0.6) is 5.75 Å². The van der Waals surface area contributed by atoms with E-state index in [-0.39, 0.29) is 16.9 Å². The van der Waals surface area contributed by atoms with E-state index in [1.54, 1.807) is 19.2 Å². The SMILES string of the molecule is COc1ccc(C2C(C)C(c3ccccc3)=NN2c2ccc(S(N)(=O)=O)cc2)cc1. The Hall–Kier alpha value is -3.16. The summed E-state index contributed by atoms with van der Waals surface area (Å²) in [6, 6.07) is 24.5. The van der Waals surface area contributed by atoms with Crippen molar-refractivity contribution >= 4 is 21.4 Å². The minimum Gasteiger partial charge on any atom is -0.497 e. The lowest BCUT2D eigenvalue weighted by Gasteiger charge is -2.27. The molecule has 1 heterocycles. The molecule has 30 heavy (non-hydrogen) atoms. The minimum absolute atomic E-state index is 0.0496. The van der Waals surface area contributed by atoms with Crippen LogP contribution in [-0.2, 0) is 10.0 Å². The van der Waals surface area contributed by atoms with E-state index in [9.17, 15) is 8.42 Å². The summed E-state index contributed by atoms with van der Waals surface area (Å²) in [6.45, 7) is 2.15. The Morgan fingerprint density at radius 2 is 1.57 bits per heavy atom. The largest absolute Gasteiger partial charge is 0.497 e. The van der Waals surface area contributed by atoms with Gasteiger partial charge in [0.05, 0.1) is 29.4 Å². The third kappa shape index (κ3) is 3.81. The molecular formula is C23H23N3O3S. The third-order valence-electron chi connectivity index (χ3n) is 5.34. The molecule has 0 saturated heterocycles. The van der Waals surface area contributed by atoms with Gasteiger partial charge in [-0.15, -0.1) is 0 Å². The first-order valence-corrected chi connectivity index (χ1v) is 11.1. The molecule has 1 aliphatic heterocycles. The summed E-state index contributed by atoms with van der Waals surface area (Å²) in [6.07, 6.45) is 0. The van der Waals surface area contributed by atoms with E-state index < -0.39 is 10.0 Å². The zero-order valence-corrected chi connectivity index (χ0v) is 17.6. The number of rotatable bonds is 5. The molecule has 0 spiro atoms. The number of hydrazone groups is 1. The van der Waals surface area contributed by atoms with E-state index in [1.165, 1.54) is 12.1 Å². The number of anilines is 1. The molecule has 0 fully saturated rings. The molecule has 0 bridgehead atoms. The number of sulfonamides is 1. The Balaban J connectivity index is 1.78. The number of hydrogen-bond acceptors (Lipinski definition) is 5. The van der Waals surface area contributed by atoms with E-state index in [0.717, 1.165) is 28.3 Å². The van der Waals surface area contributed by atoms with Gasteiger partial charge in [0.15, 0.2) is 0 Å². The number of nitrogens with two attached hydrogens (primary N) is 1. The van der Waals surface area contributed by atoms with Crippen LogP contribution < -0.4 is 14.9 Å². The molecule has 0 saturated carbocycles. The first-order chi connectivity index (χ1) is 14.4. The van der Waals surface area contributed by atoms with Gasteiger partial charge in [0, 0.05) is 5.92 Å². The van der Waals surface area contributed by atoms with Crippen LogP contribution >= 0.6 is 0 Å². The third-order valence-corrected chi connectivity index (χ3v) is 6.27. The maximum atomic E-state index is 11.6. The quantitative estimate of drug-likeness (QED) is 0.676. The summed E-state index contributed by atoms with van der Waals surface area (Å²) in [5.41, 5.74) is 3.92. The fourth-order valence-corrected chi connectivity index (χ4v) is 4.31. The predicted molar refractivity (Wildman–Crippen MR) is 118 cm³/mol. The van der Waals surface area contributed by atoms with Crippen molar-refractivity contribution in [2.75, 3.05) is 12.1 Å². The summed E-state index contributed by atoms with van der Waals surface area (Å²) in [5, 5.41) is 12.1. The molecule has 3 aromatic carbocycles. The van der Waals surface area contributed by atoms with Crippen LogP contribution in [0.15, 0.2) is 88.9 Å². The lowest BCUT2D eigenvalue weighted by atomic mass is 9.88. The van der Waals surface area contributed by atoms with Crippen LogP contribution in [0.3, 0.4) is 0 Å². The van der Waals surface area contributed by atoms with Crippen molar-refractivity contribution in [1.82, 2.24) is 0 Å². The zero-order chi connectivity index (χ0) is 21.3. The van der Waals surface area contributed by atoms with Gasteiger partial charge in [-0.1, -0.05) is 49.4 Å². The fourth-order valence-electron chi connectivity index (χ4n) is 3.80. The molecule has 0 amide bonds. The first kappa shape index (κ1) is 20.1. The zero-order valence-electron chi connectivity index (χ0n) is 16.8. The van der Waals surface area contributed by atoms with Crippen molar-refractivity contribution in [3.05, 3.63) is 90.0 Å². The van der Waals surface area contributed by atoms with Gasteiger partial charge in [-0.25, -0.2) is 13.6 Å². The lowest BCUT2D eigenvalue weighted by Crippen LogP contribution is -2.24. The molecule has 4 rings (SSSR count). The fraction of sp³-hybridized carbons (Fsp3) is 0.174. The number of nitrogens with zero attached hydrogens (tertiary/aromatic N) is 2. The summed E-state index contributed by atoms with van der Waals surface area (Å²) >= 11 is 0. The standard InChI is InChI=1S/C23H23N3O3S/c1-16-22(17-6-4-3-5-7-17)25-26(19-10-14-21(15-11-19)30(24,27)28)23(16)18-8-12-20(29-2)13-9-18/h3-16,23H,1-2H3,(H2,24,27,28). The highest BCUT2D eigenvalue weighted by molar-refractivity contribution is 7.89. The summed E-state index contributed by atoms with van der Waals surface area (Å²) < 4.78 is 28.5. The van der Waals surface area contributed by atoms with E-state index in [4.69, 9.17) is 15.0 Å². The second-order valence-corrected chi connectivity index (χ2v) is 8.80. The highest BCUT2D eigenvalue weighted by atomic mass is 32.2. The van der Waals surface area contributed by atoms with Crippen molar-refractivity contribution in [3.8, 4) is 5.75 Å². The maximum absolute atomic E-state index is 11.6. The monoisotopic (exact) mass is 421 g/mol. The molecule has 3 aromatic rings. The van der Waals surface area contributed by atoms with Crippen LogP contribution in [0.4, 0.5) is 5.69 Å². The molecular weight excluding hydrogens is 398 g/mol. The molecule has 154 valence electrons. The van der Waals surface area contributed by atoms with Gasteiger partial charge in [-0.05, 0) is 47.5 Å². The number of ether oxygens (including phenoxy) is 1. The van der Waals surface area contributed by atoms with E-state index in [0.29, 0.717) is 0 Å². The van der Waals surface area contributed by atoms with Crippen LogP contribution in [0, 0.1) is 5.92 Å². The average molecular weight is 422 g/mol. The predicted octanol–water partition coefficient (Wildman–Crippen LogP) is 3.94. The van der Waals surface area contributed by atoms with Crippen molar-refractivity contribution in [1.29, 1.82) is 0 Å². The van der Waals surface area contributed by atoms with Gasteiger partial charge in [0.25, 0.3) is 0 Å². The Morgan fingerprint density at radius 1 is 0.933 bits per heavy atom. The summed E-state index contributed by atoms with van der Waals surface area (Å²) in [5.74, 6) is 0.899. The van der Waals surface area contributed by atoms with Gasteiger partial charge in [0.2, 0.25) is 10.0 Å². The molecule has 0 aliphatic carbocycles. The van der Waals surface area contributed by atoms with E-state index in [2.05, 4.69) is 6.92 Å². The highest BCUT2D eigenvalue weighted by Crippen LogP contribution is 2.41. The van der Waals surface area contributed by atoms with Gasteiger partial charge >= 0.3 is 0 Å². The van der Waals surface area contributed by atoms with Crippen molar-refractivity contribution in [2.24, 2.45) is 16.2 Å². The summed E-state index contributed by atoms with van der Waals surface area (Å²) in [4.78, 5) is 0.0757. The van der Waals surface area contributed by atoms with Crippen molar-refractivity contribution < 1.29 is 13.2 Å². The van der Waals surface area contributed by atoms with Crippen molar-refractivity contribution in [2.45, 2.75) is 17.9 Å². The minimum atomic E-state index is -3.75. The molecule has 6 nitrogen and oxygen atoms in total. The highest BCUT2D eigenvalue weighted by Gasteiger charge is 2.36. The molecule has 1 aliphatic rings. The number of benzene rings is 3. The lowest BCUT2D eigenvalue weighted by molar-refractivity contribution is 0.414. The Kier molecular flexibility index (Phi) is 5.32. The Morgan fingerprint density at radius 3 is 2.13 bits per heavy atom. The topological polar surface area (TPSA) is 85.0 Å². The number of hydrogen-bond donors (Lipinski definition) is 1. The second kappa shape index (κ2) is 7.93. The Labute approximate surface area is 176 Å². The van der Waals surface area contributed by atoms with E-state index >= 15 is 0 Å². The average Bonchev–Trinajstić information content (AvgIpc) is 3.11. The van der Waals surface area contributed by atoms with Crippen LogP contribution in [0.2, 0.25) is 0 Å². The smallest absolute Gasteiger partial charge is 0.238 e. The van der Waals surface area contributed by atoms with E-state index in [1.807, 2.05) is 59.6 Å².